The molecule has 158 valence electrons. The number of methoxy groups -OCH3 is 1. The molecule has 6 nitrogen and oxygen atoms in total. The van der Waals surface area contributed by atoms with Crippen molar-refractivity contribution in [3.05, 3.63) is 62.5 Å². The lowest BCUT2D eigenvalue weighted by Crippen LogP contribution is -2.30. The zero-order valence-electron chi connectivity index (χ0n) is 16.3. The Morgan fingerprint density at radius 2 is 1.90 bits per heavy atom. The number of hydrogen-bond donors (Lipinski definition) is 2. The molecule has 30 heavy (non-hydrogen) atoms. The molecular formula is C21H20Cl2N2O4S. The maximum absolute atomic E-state index is 12.3. The van der Waals surface area contributed by atoms with Crippen molar-refractivity contribution in [2.75, 3.05) is 19.0 Å². The topological polar surface area (TPSA) is 76.7 Å². The molecular weight excluding hydrogens is 447 g/mol. The molecule has 1 fully saturated rings. The molecule has 1 atom stereocenters. The number of nitrogens with one attached hydrogen (secondary N) is 2. The van der Waals surface area contributed by atoms with Gasteiger partial charge in [-0.1, -0.05) is 54.0 Å². The molecule has 2 N–H and O–H groups in total. The number of ether oxygens (including phenoxy) is 2. The van der Waals surface area contributed by atoms with Gasteiger partial charge in [0, 0.05) is 5.69 Å². The minimum Gasteiger partial charge on any atom is -0.479 e. The number of thioether (sulfide) groups is 1. The third-order valence-corrected chi connectivity index (χ3v) is 5.86. The van der Waals surface area contributed by atoms with Crippen LogP contribution in [0.2, 0.25) is 10.0 Å². The van der Waals surface area contributed by atoms with Gasteiger partial charge in [0.25, 0.3) is 5.91 Å². The number of carbonyl (C=O) groups is 2. The van der Waals surface area contributed by atoms with Gasteiger partial charge in [-0.3, -0.25) is 4.79 Å². The van der Waals surface area contributed by atoms with E-state index in [0.717, 1.165) is 12.1 Å². The summed E-state index contributed by atoms with van der Waals surface area (Å²) < 4.78 is 9.84. The third-order valence-electron chi connectivity index (χ3n) is 4.27. The number of carbonyl (C=O) groups excluding carboxylic acids is 2. The number of amides is 1. The minimum absolute atomic E-state index is 0.185. The van der Waals surface area contributed by atoms with Crippen LogP contribution in [0.3, 0.4) is 0 Å². The zero-order valence-corrected chi connectivity index (χ0v) is 18.7. The SMILES string of the molecule is CCc1ccc(N[C@H]2NC(=O)/C(=C/c3cc(Cl)c(OCC(=O)OC)c(Cl)c3)S2)cc1. The summed E-state index contributed by atoms with van der Waals surface area (Å²) in [6.45, 7) is 1.80. The highest BCUT2D eigenvalue weighted by molar-refractivity contribution is 8.05. The van der Waals surface area contributed by atoms with E-state index in [2.05, 4.69) is 22.3 Å². The number of aryl methyl sites for hydroxylation is 1. The normalized spacial score (nSPS) is 17.0. The van der Waals surface area contributed by atoms with Crippen LogP contribution in [0.4, 0.5) is 5.69 Å². The molecule has 0 spiro atoms. The number of rotatable bonds is 7. The van der Waals surface area contributed by atoms with E-state index in [1.54, 1.807) is 18.2 Å². The van der Waals surface area contributed by atoms with E-state index >= 15 is 0 Å². The fourth-order valence-corrected chi connectivity index (χ4v) is 4.29. The quantitative estimate of drug-likeness (QED) is 0.454. The highest BCUT2D eigenvalue weighted by atomic mass is 35.5. The van der Waals surface area contributed by atoms with Crippen LogP contribution in [0.25, 0.3) is 6.08 Å². The molecule has 0 unspecified atom stereocenters. The van der Waals surface area contributed by atoms with Gasteiger partial charge in [-0.2, -0.15) is 0 Å². The zero-order chi connectivity index (χ0) is 21.7. The summed E-state index contributed by atoms with van der Waals surface area (Å²) in [6.07, 6.45) is 2.67. The average Bonchev–Trinajstić information content (AvgIpc) is 3.06. The van der Waals surface area contributed by atoms with Crippen molar-refractivity contribution in [3.8, 4) is 5.75 Å². The first-order valence-electron chi connectivity index (χ1n) is 9.13. The maximum Gasteiger partial charge on any atom is 0.343 e. The number of hydrogen-bond acceptors (Lipinski definition) is 6. The summed E-state index contributed by atoms with van der Waals surface area (Å²) in [4.78, 5) is 24.1. The van der Waals surface area contributed by atoms with Gasteiger partial charge < -0.3 is 20.1 Å². The van der Waals surface area contributed by atoms with Crippen LogP contribution in [-0.2, 0) is 20.7 Å². The smallest absolute Gasteiger partial charge is 0.343 e. The van der Waals surface area contributed by atoms with Gasteiger partial charge in [-0.05, 0) is 47.9 Å². The summed E-state index contributed by atoms with van der Waals surface area (Å²) in [6, 6.07) is 11.3. The second-order valence-corrected chi connectivity index (χ2v) is 8.31. The van der Waals surface area contributed by atoms with Crippen LogP contribution in [0.1, 0.15) is 18.1 Å². The summed E-state index contributed by atoms with van der Waals surface area (Å²) in [5.74, 6) is -0.555. The van der Waals surface area contributed by atoms with Crippen LogP contribution in [-0.4, -0.2) is 31.1 Å². The monoisotopic (exact) mass is 466 g/mol. The lowest BCUT2D eigenvalue weighted by molar-refractivity contribution is -0.142. The van der Waals surface area contributed by atoms with Gasteiger partial charge in [0.15, 0.2) is 17.9 Å². The van der Waals surface area contributed by atoms with Crippen LogP contribution in [0.5, 0.6) is 5.75 Å². The first-order valence-corrected chi connectivity index (χ1v) is 10.8. The molecule has 0 bridgehead atoms. The molecule has 1 heterocycles. The molecule has 1 saturated heterocycles. The van der Waals surface area contributed by atoms with Crippen molar-refractivity contribution in [1.82, 2.24) is 5.32 Å². The van der Waals surface area contributed by atoms with E-state index in [-0.39, 0.29) is 33.8 Å². The fraction of sp³-hybridized carbons (Fsp3) is 0.238. The van der Waals surface area contributed by atoms with Crippen molar-refractivity contribution < 1.29 is 19.1 Å². The summed E-state index contributed by atoms with van der Waals surface area (Å²) in [5, 5.41) is 6.62. The maximum atomic E-state index is 12.3. The predicted molar refractivity (Wildman–Crippen MR) is 121 cm³/mol. The molecule has 0 radical (unpaired) electrons. The Morgan fingerprint density at radius 3 is 2.50 bits per heavy atom. The van der Waals surface area contributed by atoms with Crippen molar-refractivity contribution in [1.29, 1.82) is 0 Å². The number of benzene rings is 2. The molecule has 2 aromatic rings. The summed E-state index contributed by atoms with van der Waals surface area (Å²) in [7, 11) is 1.26. The highest BCUT2D eigenvalue weighted by Gasteiger charge is 2.27. The Balaban J connectivity index is 1.70. The van der Waals surface area contributed by atoms with Gasteiger partial charge in [0.1, 0.15) is 0 Å². The van der Waals surface area contributed by atoms with Crippen molar-refractivity contribution in [3.63, 3.8) is 0 Å². The van der Waals surface area contributed by atoms with Gasteiger partial charge >= 0.3 is 5.97 Å². The van der Waals surface area contributed by atoms with E-state index in [4.69, 9.17) is 27.9 Å². The van der Waals surface area contributed by atoms with Gasteiger partial charge in [0.05, 0.1) is 22.1 Å². The van der Waals surface area contributed by atoms with E-state index < -0.39 is 5.97 Å². The Bertz CT molecular complexity index is 956. The van der Waals surface area contributed by atoms with Gasteiger partial charge in [-0.25, -0.2) is 4.79 Å². The highest BCUT2D eigenvalue weighted by Crippen LogP contribution is 2.36. The molecule has 1 aliphatic rings. The van der Waals surface area contributed by atoms with E-state index in [1.807, 2.05) is 24.3 Å². The Kier molecular flexibility index (Phi) is 7.53. The summed E-state index contributed by atoms with van der Waals surface area (Å²) in [5.41, 5.74) is 2.52. The minimum atomic E-state index is -0.546. The molecule has 9 heteroatoms. The molecule has 3 rings (SSSR count). The van der Waals surface area contributed by atoms with Crippen molar-refractivity contribution >= 4 is 58.6 Å². The molecule has 1 amide bonds. The summed E-state index contributed by atoms with van der Waals surface area (Å²) >= 11 is 13.8. The fourth-order valence-electron chi connectivity index (χ4n) is 2.70. The van der Waals surface area contributed by atoms with Crippen LogP contribution >= 0.6 is 35.0 Å². The van der Waals surface area contributed by atoms with Gasteiger partial charge in [0.2, 0.25) is 0 Å². The van der Waals surface area contributed by atoms with Gasteiger partial charge in [-0.15, -0.1) is 0 Å². The van der Waals surface area contributed by atoms with Crippen molar-refractivity contribution in [2.24, 2.45) is 0 Å². The largest absolute Gasteiger partial charge is 0.479 e. The molecule has 0 saturated carbocycles. The van der Waals surface area contributed by atoms with Crippen LogP contribution in [0.15, 0.2) is 41.3 Å². The van der Waals surface area contributed by atoms with Crippen molar-refractivity contribution in [2.45, 2.75) is 18.8 Å². The van der Waals surface area contributed by atoms with E-state index in [9.17, 15) is 9.59 Å². The number of anilines is 1. The van der Waals surface area contributed by atoms with Crippen LogP contribution < -0.4 is 15.4 Å². The lowest BCUT2D eigenvalue weighted by atomic mass is 10.1. The van der Waals surface area contributed by atoms with E-state index in [1.165, 1.54) is 24.4 Å². The molecule has 2 aromatic carbocycles. The number of esters is 1. The third kappa shape index (κ3) is 5.62. The first-order chi connectivity index (χ1) is 14.4. The Morgan fingerprint density at radius 1 is 1.23 bits per heavy atom. The Labute approximate surface area is 188 Å². The average molecular weight is 467 g/mol. The lowest BCUT2D eigenvalue weighted by Gasteiger charge is -2.13. The molecule has 1 aliphatic heterocycles. The first kappa shape index (κ1) is 22.3. The van der Waals surface area contributed by atoms with E-state index in [0.29, 0.717) is 10.5 Å². The second kappa shape index (κ2) is 10.1. The van der Waals surface area contributed by atoms with Crippen LogP contribution in [0, 0.1) is 0 Å². The standard InChI is InChI=1S/C21H20Cl2N2O4S/c1-3-12-4-6-14(7-5-12)24-21-25-20(27)17(30-21)10-13-8-15(22)19(16(23)9-13)29-11-18(26)28-2/h4-10,21,24H,3,11H2,1-2H3,(H,25,27)/b17-10-/t21-/m0/s1. The molecule has 0 aromatic heterocycles. The second-order valence-electron chi connectivity index (χ2n) is 6.35. The number of halogens is 2. The Hall–Kier alpha value is -2.35. The molecule has 0 aliphatic carbocycles. The predicted octanol–water partition coefficient (Wildman–Crippen LogP) is 4.71.